The molecule has 2 aromatic heterocycles. The Kier molecular flexibility index (Phi) is 3.67. The van der Waals surface area contributed by atoms with E-state index in [1.54, 1.807) is 13.3 Å². The Bertz CT molecular complexity index is 565. The number of aryl methyl sites for hydroxylation is 1. The third-order valence-corrected chi connectivity index (χ3v) is 2.67. The minimum Gasteiger partial charge on any atom is -0.480 e. The molecule has 0 aliphatic heterocycles. The third kappa shape index (κ3) is 2.53. The number of ether oxygens (including phenoxy) is 1. The van der Waals surface area contributed by atoms with E-state index in [1.165, 1.54) is 6.33 Å². The van der Waals surface area contributed by atoms with Crippen molar-refractivity contribution >= 4 is 11.6 Å². The van der Waals surface area contributed by atoms with Crippen LogP contribution in [0.2, 0.25) is 0 Å². The summed E-state index contributed by atoms with van der Waals surface area (Å²) in [5.41, 5.74) is 3.76. The molecular weight excluding hydrogens is 226 g/mol. The lowest BCUT2D eigenvalue weighted by Gasteiger charge is -2.07. The second kappa shape index (κ2) is 5.40. The van der Waals surface area contributed by atoms with Gasteiger partial charge in [-0.05, 0) is 37.6 Å². The van der Waals surface area contributed by atoms with E-state index in [9.17, 15) is 0 Å². The van der Waals surface area contributed by atoms with E-state index in [4.69, 9.17) is 4.74 Å². The molecule has 0 atom stereocenters. The molecule has 0 aliphatic carbocycles. The summed E-state index contributed by atoms with van der Waals surface area (Å²) in [6.45, 7) is 3.94. The number of methoxy groups -OCH3 is 1. The monoisotopic (exact) mass is 241 g/mol. The minimum atomic E-state index is 0.581. The standard InChI is InChI=1S/C14H15N3O/c1-10(13-6-4-5-7-15-13)8-12-11(2)16-9-17-14(12)18-3/h4-9H,1-3H3/b10-8+. The van der Waals surface area contributed by atoms with Crippen molar-refractivity contribution in [3.63, 3.8) is 0 Å². The van der Waals surface area contributed by atoms with Gasteiger partial charge in [-0.2, -0.15) is 0 Å². The Morgan fingerprint density at radius 3 is 2.72 bits per heavy atom. The quantitative estimate of drug-likeness (QED) is 0.829. The SMILES string of the molecule is COc1ncnc(C)c1/C=C(\C)c1ccccn1. The van der Waals surface area contributed by atoms with Crippen LogP contribution in [-0.2, 0) is 0 Å². The van der Waals surface area contributed by atoms with Crippen LogP contribution in [0.5, 0.6) is 5.88 Å². The molecule has 0 aromatic carbocycles. The molecule has 0 amide bonds. The summed E-state index contributed by atoms with van der Waals surface area (Å²) in [4.78, 5) is 12.6. The molecule has 0 unspecified atom stereocenters. The highest BCUT2D eigenvalue weighted by Gasteiger charge is 2.07. The predicted octanol–water partition coefficient (Wildman–Crippen LogP) is 2.75. The average molecular weight is 241 g/mol. The topological polar surface area (TPSA) is 47.9 Å². The highest BCUT2D eigenvalue weighted by molar-refractivity contribution is 5.80. The molecule has 0 saturated carbocycles. The van der Waals surface area contributed by atoms with E-state index in [2.05, 4.69) is 15.0 Å². The summed E-state index contributed by atoms with van der Waals surface area (Å²) in [5, 5.41) is 0. The lowest BCUT2D eigenvalue weighted by molar-refractivity contribution is 0.395. The summed E-state index contributed by atoms with van der Waals surface area (Å²) >= 11 is 0. The molecule has 4 heteroatoms. The molecule has 0 bridgehead atoms. The van der Waals surface area contributed by atoms with Gasteiger partial charge in [0.2, 0.25) is 5.88 Å². The molecular formula is C14H15N3O. The fraction of sp³-hybridized carbons (Fsp3) is 0.214. The number of allylic oxidation sites excluding steroid dienone is 1. The van der Waals surface area contributed by atoms with Crippen LogP contribution in [0, 0.1) is 6.92 Å². The van der Waals surface area contributed by atoms with Crippen molar-refractivity contribution in [2.45, 2.75) is 13.8 Å². The molecule has 92 valence electrons. The molecule has 0 saturated heterocycles. The van der Waals surface area contributed by atoms with Crippen molar-refractivity contribution in [3.8, 4) is 5.88 Å². The number of pyridine rings is 1. The van der Waals surface area contributed by atoms with Crippen molar-refractivity contribution in [1.29, 1.82) is 0 Å². The van der Waals surface area contributed by atoms with Gasteiger partial charge in [-0.1, -0.05) is 6.07 Å². The van der Waals surface area contributed by atoms with E-state index < -0.39 is 0 Å². The molecule has 4 nitrogen and oxygen atoms in total. The second-order valence-electron chi connectivity index (χ2n) is 3.92. The lowest BCUT2D eigenvalue weighted by atomic mass is 10.1. The van der Waals surface area contributed by atoms with Crippen LogP contribution >= 0.6 is 0 Å². The third-order valence-electron chi connectivity index (χ3n) is 2.67. The first-order chi connectivity index (χ1) is 8.72. The number of nitrogens with zero attached hydrogens (tertiary/aromatic N) is 3. The zero-order valence-corrected chi connectivity index (χ0v) is 10.7. The largest absolute Gasteiger partial charge is 0.480 e. The summed E-state index contributed by atoms with van der Waals surface area (Å²) in [5.74, 6) is 0.581. The molecule has 0 aliphatic rings. The van der Waals surface area contributed by atoms with Gasteiger partial charge in [0.1, 0.15) is 6.33 Å². The molecule has 0 spiro atoms. The summed E-state index contributed by atoms with van der Waals surface area (Å²) < 4.78 is 5.25. The van der Waals surface area contributed by atoms with Crippen LogP contribution in [-0.4, -0.2) is 22.1 Å². The zero-order valence-electron chi connectivity index (χ0n) is 10.7. The molecule has 0 fully saturated rings. The van der Waals surface area contributed by atoms with Crippen LogP contribution in [0.4, 0.5) is 0 Å². The van der Waals surface area contributed by atoms with E-state index in [0.717, 1.165) is 22.5 Å². The van der Waals surface area contributed by atoms with Gasteiger partial charge in [0, 0.05) is 6.20 Å². The average Bonchev–Trinajstić information content (AvgIpc) is 2.42. The van der Waals surface area contributed by atoms with E-state index >= 15 is 0 Å². The van der Waals surface area contributed by atoms with E-state index in [0.29, 0.717) is 5.88 Å². The van der Waals surface area contributed by atoms with Gasteiger partial charge in [0.25, 0.3) is 0 Å². The number of hydrogen-bond acceptors (Lipinski definition) is 4. The number of rotatable bonds is 3. The molecule has 2 rings (SSSR count). The Morgan fingerprint density at radius 1 is 1.22 bits per heavy atom. The first-order valence-electron chi connectivity index (χ1n) is 5.67. The molecule has 18 heavy (non-hydrogen) atoms. The van der Waals surface area contributed by atoms with Gasteiger partial charge in [-0.3, -0.25) is 4.98 Å². The summed E-state index contributed by atoms with van der Waals surface area (Å²) in [7, 11) is 1.61. The van der Waals surface area contributed by atoms with Crippen LogP contribution < -0.4 is 4.74 Å². The first-order valence-corrected chi connectivity index (χ1v) is 5.67. The lowest BCUT2D eigenvalue weighted by Crippen LogP contribution is -1.96. The van der Waals surface area contributed by atoms with E-state index in [1.807, 2.05) is 38.1 Å². The molecule has 0 N–H and O–H groups in total. The van der Waals surface area contributed by atoms with Crippen molar-refractivity contribution in [3.05, 3.63) is 47.7 Å². The van der Waals surface area contributed by atoms with Crippen molar-refractivity contribution in [1.82, 2.24) is 15.0 Å². The van der Waals surface area contributed by atoms with Crippen molar-refractivity contribution in [2.75, 3.05) is 7.11 Å². The van der Waals surface area contributed by atoms with Crippen LogP contribution in [0.15, 0.2) is 30.7 Å². The Hall–Kier alpha value is -2.23. The Labute approximate surface area is 106 Å². The highest BCUT2D eigenvalue weighted by atomic mass is 16.5. The fourth-order valence-electron chi connectivity index (χ4n) is 1.68. The van der Waals surface area contributed by atoms with Gasteiger partial charge in [0.05, 0.1) is 24.1 Å². The molecule has 2 aromatic rings. The Morgan fingerprint density at radius 2 is 2.06 bits per heavy atom. The maximum absolute atomic E-state index is 5.25. The van der Waals surface area contributed by atoms with Gasteiger partial charge >= 0.3 is 0 Å². The zero-order chi connectivity index (χ0) is 13.0. The van der Waals surface area contributed by atoms with Gasteiger partial charge in [-0.15, -0.1) is 0 Å². The number of hydrogen-bond donors (Lipinski definition) is 0. The van der Waals surface area contributed by atoms with Crippen molar-refractivity contribution in [2.24, 2.45) is 0 Å². The van der Waals surface area contributed by atoms with Crippen LogP contribution in [0.3, 0.4) is 0 Å². The minimum absolute atomic E-state index is 0.581. The van der Waals surface area contributed by atoms with Crippen LogP contribution in [0.1, 0.15) is 23.9 Å². The number of aromatic nitrogens is 3. The van der Waals surface area contributed by atoms with Crippen LogP contribution in [0.25, 0.3) is 11.6 Å². The molecule has 0 radical (unpaired) electrons. The smallest absolute Gasteiger partial charge is 0.223 e. The summed E-state index contributed by atoms with van der Waals surface area (Å²) in [6.07, 6.45) is 5.27. The van der Waals surface area contributed by atoms with Gasteiger partial charge < -0.3 is 4.74 Å². The first kappa shape index (κ1) is 12.2. The van der Waals surface area contributed by atoms with Gasteiger partial charge in [-0.25, -0.2) is 9.97 Å². The van der Waals surface area contributed by atoms with Gasteiger partial charge in [0.15, 0.2) is 0 Å². The molecule has 2 heterocycles. The van der Waals surface area contributed by atoms with Crippen molar-refractivity contribution < 1.29 is 4.74 Å². The van der Waals surface area contributed by atoms with E-state index in [-0.39, 0.29) is 0 Å². The fourth-order valence-corrected chi connectivity index (χ4v) is 1.68. The maximum atomic E-state index is 5.25. The Balaban J connectivity index is 2.45. The second-order valence-corrected chi connectivity index (χ2v) is 3.92. The highest BCUT2D eigenvalue weighted by Crippen LogP contribution is 2.23. The normalized spacial score (nSPS) is 11.4. The summed E-state index contributed by atoms with van der Waals surface area (Å²) in [6, 6.07) is 5.83. The maximum Gasteiger partial charge on any atom is 0.223 e. The predicted molar refractivity (Wildman–Crippen MR) is 71.1 cm³/mol.